The highest BCUT2D eigenvalue weighted by molar-refractivity contribution is 7.92. The van der Waals surface area contributed by atoms with E-state index in [0.29, 0.717) is 33.3 Å². The van der Waals surface area contributed by atoms with E-state index < -0.39 is 28.5 Å². The zero-order valence-corrected chi connectivity index (χ0v) is 25.6. The molecule has 0 radical (unpaired) electrons. The molecule has 0 bridgehead atoms. The Balaban J connectivity index is 2.09. The fourth-order valence-electron chi connectivity index (χ4n) is 4.22. The van der Waals surface area contributed by atoms with Crippen LogP contribution in [0.25, 0.3) is 0 Å². The van der Waals surface area contributed by atoms with Gasteiger partial charge in [-0.1, -0.05) is 72.1 Å². The van der Waals surface area contributed by atoms with Crippen LogP contribution in [0.15, 0.2) is 71.6 Å². The highest BCUT2D eigenvalue weighted by atomic mass is 35.5. The number of carbonyl (C=O) groups is 2. The first-order chi connectivity index (χ1) is 18.9. The number of amides is 2. The van der Waals surface area contributed by atoms with Gasteiger partial charge in [-0.15, -0.1) is 0 Å². The van der Waals surface area contributed by atoms with Crippen LogP contribution < -0.4 is 9.62 Å². The van der Waals surface area contributed by atoms with Crippen molar-refractivity contribution in [3.05, 3.63) is 93.5 Å². The van der Waals surface area contributed by atoms with Crippen LogP contribution in [0.4, 0.5) is 5.69 Å². The number of carbonyl (C=O) groups excluding carboxylic acids is 2. The molecule has 0 fully saturated rings. The predicted molar refractivity (Wildman–Crippen MR) is 161 cm³/mol. The van der Waals surface area contributed by atoms with Crippen molar-refractivity contribution in [2.75, 3.05) is 10.8 Å². The van der Waals surface area contributed by atoms with Crippen LogP contribution in [0.2, 0.25) is 10.0 Å². The summed E-state index contributed by atoms with van der Waals surface area (Å²) >= 11 is 12.9. The highest BCUT2D eigenvalue weighted by Crippen LogP contribution is 2.30. The van der Waals surface area contributed by atoms with Gasteiger partial charge in [-0.05, 0) is 70.0 Å². The molecule has 0 saturated heterocycles. The number of anilines is 1. The molecule has 40 heavy (non-hydrogen) atoms. The van der Waals surface area contributed by atoms with E-state index in [1.54, 1.807) is 62.4 Å². The smallest absolute Gasteiger partial charge is 0.264 e. The second kappa shape index (κ2) is 13.5. The Labute approximate surface area is 247 Å². The molecule has 0 aromatic heterocycles. The fourth-order valence-corrected chi connectivity index (χ4v) is 6.24. The highest BCUT2D eigenvalue weighted by Gasteiger charge is 2.33. The number of sulfonamides is 1. The van der Waals surface area contributed by atoms with Gasteiger partial charge in [0.15, 0.2) is 0 Å². The SMILES string of the molecule is CC[C@H](C)NC(=O)[C@H](C)N(Cc1c(Cl)cccc1Cl)C(=O)CN(c1ccc(C)cc1C)S(=O)(=O)c1ccccc1. The predicted octanol–water partition coefficient (Wildman–Crippen LogP) is 6.14. The zero-order chi connectivity index (χ0) is 29.6. The number of nitrogens with zero attached hydrogens (tertiary/aromatic N) is 2. The van der Waals surface area contributed by atoms with E-state index in [-0.39, 0.29) is 23.4 Å². The van der Waals surface area contributed by atoms with Crippen molar-refractivity contribution in [2.45, 2.75) is 64.6 Å². The summed E-state index contributed by atoms with van der Waals surface area (Å²) in [6, 6.07) is 17.2. The lowest BCUT2D eigenvalue weighted by Crippen LogP contribution is -2.52. The molecule has 0 unspecified atom stereocenters. The topological polar surface area (TPSA) is 86.8 Å². The normalized spacial score (nSPS) is 12.9. The standard InChI is InChI=1S/C30H35Cl2N3O4S/c1-6-22(4)33-30(37)23(5)34(18-25-26(31)13-10-14-27(25)32)29(36)19-35(28-16-15-20(2)17-21(28)3)40(38,39)24-11-8-7-9-12-24/h7-17,22-23H,6,18-19H2,1-5H3,(H,33,37)/t22-,23-/m0/s1. The Hall–Kier alpha value is -3.07. The van der Waals surface area contributed by atoms with Crippen molar-refractivity contribution in [3.8, 4) is 0 Å². The first-order valence-corrected chi connectivity index (χ1v) is 15.2. The third-order valence-electron chi connectivity index (χ3n) is 6.79. The Morgan fingerprint density at radius 1 is 0.925 bits per heavy atom. The van der Waals surface area contributed by atoms with Crippen LogP contribution in [0.5, 0.6) is 0 Å². The summed E-state index contributed by atoms with van der Waals surface area (Å²) in [7, 11) is -4.14. The number of hydrogen-bond donors (Lipinski definition) is 1. The van der Waals surface area contributed by atoms with E-state index >= 15 is 0 Å². The minimum Gasteiger partial charge on any atom is -0.352 e. The van der Waals surface area contributed by atoms with Gasteiger partial charge in [-0.25, -0.2) is 8.42 Å². The van der Waals surface area contributed by atoms with Crippen LogP contribution in [-0.2, 0) is 26.2 Å². The average molecular weight is 605 g/mol. The molecular formula is C30H35Cl2N3O4S. The molecule has 0 saturated carbocycles. The first kappa shape index (κ1) is 31.5. The van der Waals surface area contributed by atoms with Crippen molar-refractivity contribution in [2.24, 2.45) is 0 Å². The first-order valence-electron chi connectivity index (χ1n) is 13.0. The van der Waals surface area contributed by atoms with Crippen LogP contribution in [0.1, 0.15) is 43.9 Å². The van der Waals surface area contributed by atoms with E-state index in [9.17, 15) is 18.0 Å². The molecule has 7 nitrogen and oxygen atoms in total. The Kier molecular flexibility index (Phi) is 10.6. The van der Waals surface area contributed by atoms with Crippen molar-refractivity contribution in [3.63, 3.8) is 0 Å². The molecule has 2 atom stereocenters. The fraction of sp³-hybridized carbons (Fsp3) is 0.333. The summed E-state index contributed by atoms with van der Waals surface area (Å²) in [5.41, 5.74) is 2.48. The van der Waals surface area contributed by atoms with Crippen molar-refractivity contribution in [1.82, 2.24) is 10.2 Å². The van der Waals surface area contributed by atoms with E-state index in [2.05, 4.69) is 5.32 Å². The van der Waals surface area contributed by atoms with Crippen molar-refractivity contribution in [1.29, 1.82) is 0 Å². The Morgan fingerprint density at radius 2 is 1.55 bits per heavy atom. The lowest BCUT2D eigenvalue weighted by atomic mass is 10.1. The van der Waals surface area contributed by atoms with Gasteiger partial charge in [0, 0.05) is 28.2 Å². The van der Waals surface area contributed by atoms with Crippen LogP contribution in [0, 0.1) is 13.8 Å². The largest absolute Gasteiger partial charge is 0.352 e. The third-order valence-corrected chi connectivity index (χ3v) is 9.27. The molecule has 0 aliphatic rings. The minimum atomic E-state index is -4.14. The number of benzene rings is 3. The molecule has 1 N–H and O–H groups in total. The van der Waals surface area contributed by atoms with Gasteiger partial charge in [0.05, 0.1) is 10.6 Å². The molecule has 0 aliphatic carbocycles. The molecule has 3 aromatic rings. The second-order valence-electron chi connectivity index (χ2n) is 9.83. The van der Waals surface area contributed by atoms with E-state index in [4.69, 9.17) is 23.2 Å². The summed E-state index contributed by atoms with van der Waals surface area (Å²) in [5.74, 6) is -0.947. The number of rotatable bonds is 11. The maximum Gasteiger partial charge on any atom is 0.264 e. The molecule has 2 amide bonds. The van der Waals surface area contributed by atoms with Crippen LogP contribution in [0.3, 0.4) is 0 Å². The third kappa shape index (κ3) is 7.36. The molecule has 3 aromatic carbocycles. The summed E-state index contributed by atoms with van der Waals surface area (Å²) < 4.78 is 28.9. The molecule has 0 aliphatic heterocycles. The average Bonchev–Trinajstić information content (AvgIpc) is 2.91. The molecular weight excluding hydrogens is 569 g/mol. The lowest BCUT2D eigenvalue weighted by molar-refractivity contribution is -0.139. The molecule has 0 heterocycles. The van der Waals surface area contributed by atoms with Gasteiger partial charge in [-0.3, -0.25) is 13.9 Å². The van der Waals surface area contributed by atoms with Gasteiger partial charge in [-0.2, -0.15) is 0 Å². The van der Waals surface area contributed by atoms with Gasteiger partial charge >= 0.3 is 0 Å². The molecule has 0 spiro atoms. The van der Waals surface area contributed by atoms with Gasteiger partial charge in [0.2, 0.25) is 11.8 Å². The van der Waals surface area contributed by atoms with E-state index in [0.717, 1.165) is 9.87 Å². The zero-order valence-electron chi connectivity index (χ0n) is 23.3. The number of halogens is 2. The van der Waals surface area contributed by atoms with E-state index in [1.807, 2.05) is 26.8 Å². The number of nitrogens with one attached hydrogen (secondary N) is 1. The number of aryl methyl sites for hydroxylation is 2. The van der Waals surface area contributed by atoms with Gasteiger partial charge < -0.3 is 10.2 Å². The molecule has 3 rings (SSSR count). The van der Waals surface area contributed by atoms with Crippen LogP contribution >= 0.6 is 23.2 Å². The van der Waals surface area contributed by atoms with E-state index in [1.165, 1.54) is 17.0 Å². The second-order valence-corrected chi connectivity index (χ2v) is 12.5. The quantitative estimate of drug-likeness (QED) is 0.285. The van der Waals surface area contributed by atoms with Gasteiger partial charge in [0.1, 0.15) is 12.6 Å². The monoisotopic (exact) mass is 603 g/mol. The maximum absolute atomic E-state index is 14.1. The van der Waals surface area contributed by atoms with Crippen molar-refractivity contribution < 1.29 is 18.0 Å². The maximum atomic E-state index is 14.1. The summed E-state index contributed by atoms with van der Waals surface area (Å²) in [6.07, 6.45) is 0.707. The molecule has 214 valence electrons. The van der Waals surface area contributed by atoms with Crippen molar-refractivity contribution >= 4 is 50.7 Å². The Bertz CT molecular complexity index is 1440. The lowest BCUT2D eigenvalue weighted by Gasteiger charge is -2.33. The Morgan fingerprint density at radius 3 is 2.12 bits per heavy atom. The minimum absolute atomic E-state index is 0.0473. The van der Waals surface area contributed by atoms with Crippen LogP contribution in [-0.4, -0.2) is 43.8 Å². The summed E-state index contributed by atoms with van der Waals surface area (Å²) in [6.45, 7) is 8.50. The summed E-state index contributed by atoms with van der Waals surface area (Å²) in [4.78, 5) is 28.6. The summed E-state index contributed by atoms with van der Waals surface area (Å²) in [5, 5.41) is 3.58. The number of hydrogen-bond acceptors (Lipinski definition) is 4. The molecule has 10 heteroatoms. The van der Waals surface area contributed by atoms with Gasteiger partial charge in [0.25, 0.3) is 10.0 Å².